The van der Waals surface area contributed by atoms with Crippen LogP contribution in [0.2, 0.25) is 0 Å². The highest BCUT2D eigenvalue weighted by molar-refractivity contribution is 5.34. The zero-order chi connectivity index (χ0) is 11.1. The SMILES string of the molecule is NC1CCCN2CCc3ccc(F)cc3C12. The Hall–Kier alpha value is -0.930. The summed E-state index contributed by atoms with van der Waals surface area (Å²) in [5.74, 6) is -0.140. The molecule has 2 atom stereocenters. The molecule has 0 radical (unpaired) electrons. The minimum atomic E-state index is -0.140. The monoisotopic (exact) mass is 220 g/mol. The Labute approximate surface area is 95.2 Å². The van der Waals surface area contributed by atoms with Gasteiger partial charge in [-0.15, -0.1) is 0 Å². The van der Waals surface area contributed by atoms with Gasteiger partial charge in [0.15, 0.2) is 0 Å². The van der Waals surface area contributed by atoms with Crippen molar-refractivity contribution in [2.45, 2.75) is 31.3 Å². The maximum Gasteiger partial charge on any atom is 0.123 e. The second-order valence-corrected chi connectivity index (χ2v) is 4.88. The third-order valence-corrected chi connectivity index (χ3v) is 3.88. The Morgan fingerprint density at radius 1 is 1.31 bits per heavy atom. The van der Waals surface area contributed by atoms with E-state index in [-0.39, 0.29) is 17.9 Å². The number of nitrogens with zero attached hydrogens (tertiary/aromatic N) is 1. The summed E-state index contributed by atoms with van der Waals surface area (Å²) in [7, 11) is 0. The molecule has 0 spiro atoms. The molecule has 0 aliphatic carbocycles. The number of hydrogen-bond donors (Lipinski definition) is 1. The molecule has 3 rings (SSSR count). The highest BCUT2D eigenvalue weighted by Crippen LogP contribution is 2.36. The molecule has 3 heteroatoms. The van der Waals surface area contributed by atoms with Crippen LogP contribution in [0.1, 0.15) is 30.0 Å². The molecule has 0 aromatic heterocycles. The number of piperidine rings is 1. The van der Waals surface area contributed by atoms with Crippen molar-refractivity contribution in [2.75, 3.05) is 13.1 Å². The number of rotatable bonds is 0. The number of halogens is 1. The Balaban J connectivity index is 2.04. The number of nitrogens with two attached hydrogens (primary N) is 1. The normalized spacial score (nSPS) is 29.6. The van der Waals surface area contributed by atoms with Crippen molar-refractivity contribution in [1.29, 1.82) is 0 Å². The van der Waals surface area contributed by atoms with E-state index >= 15 is 0 Å². The molecule has 2 heterocycles. The smallest absolute Gasteiger partial charge is 0.123 e. The largest absolute Gasteiger partial charge is 0.326 e. The van der Waals surface area contributed by atoms with Gasteiger partial charge in [0.05, 0.1) is 6.04 Å². The summed E-state index contributed by atoms with van der Waals surface area (Å²) < 4.78 is 13.3. The second-order valence-electron chi connectivity index (χ2n) is 4.88. The molecule has 0 saturated carbocycles. The first kappa shape index (κ1) is 10.2. The first-order valence-electron chi connectivity index (χ1n) is 6.03. The molecule has 1 aromatic rings. The van der Waals surface area contributed by atoms with Gasteiger partial charge in [0.25, 0.3) is 0 Å². The fourth-order valence-corrected chi connectivity index (χ4v) is 3.11. The molecule has 2 aliphatic rings. The quantitative estimate of drug-likeness (QED) is 0.723. The highest BCUT2D eigenvalue weighted by Gasteiger charge is 2.34. The van der Waals surface area contributed by atoms with Gasteiger partial charge < -0.3 is 5.73 Å². The van der Waals surface area contributed by atoms with Crippen LogP contribution in [0.3, 0.4) is 0 Å². The maximum absolute atomic E-state index is 13.3. The fraction of sp³-hybridized carbons (Fsp3) is 0.538. The average Bonchev–Trinajstić information content (AvgIpc) is 2.28. The lowest BCUT2D eigenvalue weighted by Gasteiger charge is -2.44. The third kappa shape index (κ3) is 1.55. The molecule has 0 bridgehead atoms. The summed E-state index contributed by atoms with van der Waals surface area (Å²) in [5.41, 5.74) is 8.59. The van der Waals surface area contributed by atoms with E-state index in [1.165, 1.54) is 12.0 Å². The van der Waals surface area contributed by atoms with Crippen LogP contribution < -0.4 is 5.73 Å². The molecular weight excluding hydrogens is 203 g/mol. The molecule has 2 unspecified atom stereocenters. The van der Waals surface area contributed by atoms with E-state index in [1.807, 2.05) is 6.07 Å². The van der Waals surface area contributed by atoms with Gasteiger partial charge in [-0.05, 0) is 49.1 Å². The summed E-state index contributed by atoms with van der Waals surface area (Å²) >= 11 is 0. The first-order chi connectivity index (χ1) is 7.75. The van der Waals surface area contributed by atoms with Crippen LogP contribution in [-0.2, 0) is 6.42 Å². The van der Waals surface area contributed by atoms with E-state index < -0.39 is 0 Å². The lowest BCUT2D eigenvalue weighted by Crippen LogP contribution is -2.49. The van der Waals surface area contributed by atoms with Crippen molar-refractivity contribution < 1.29 is 4.39 Å². The van der Waals surface area contributed by atoms with Gasteiger partial charge in [-0.25, -0.2) is 4.39 Å². The van der Waals surface area contributed by atoms with Crippen molar-refractivity contribution in [3.63, 3.8) is 0 Å². The van der Waals surface area contributed by atoms with Gasteiger partial charge in [-0.1, -0.05) is 6.07 Å². The van der Waals surface area contributed by atoms with Crippen molar-refractivity contribution in [1.82, 2.24) is 4.90 Å². The molecule has 2 N–H and O–H groups in total. The standard InChI is InChI=1S/C13H17FN2/c14-10-4-3-9-5-7-16-6-1-2-12(15)13(16)11(9)8-10/h3-4,8,12-13H,1-2,5-7,15H2. The van der Waals surface area contributed by atoms with Crippen LogP contribution in [0.5, 0.6) is 0 Å². The second kappa shape index (κ2) is 3.82. The minimum Gasteiger partial charge on any atom is -0.326 e. The summed E-state index contributed by atoms with van der Waals surface area (Å²) in [5, 5.41) is 0. The predicted molar refractivity (Wildman–Crippen MR) is 61.6 cm³/mol. The molecule has 1 saturated heterocycles. The molecule has 1 aromatic carbocycles. The van der Waals surface area contributed by atoms with E-state index in [9.17, 15) is 4.39 Å². The van der Waals surface area contributed by atoms with Gasteiger partial charge in [-0.2, -0.15) is 0 Å². The summed E-state index contributed by atoms with van der Waals surface area (Å²) in [4.78, 5) is 2.41. The van der Waals surface area contributed by atoms with Gasteiger partial charge in [0.2, 0.25) is 0 Å². The van der Waals surface area contributed by atoms with Gasteiger partial charge in [0, 0.05) is 12.6 Å². The molecule has 1 fully saturated rings. The van der Waals surface area contributed by atoms with E-state index in [0.29, 0.717) is 0 Å². The Morgan fingerprint density at radius 2 is 2.19 bits per heavy atom. The van der Waals surface area contributed by atoms with Crippen molar-refractivity contribution >= 4 is 0 Å². The van der Waals surface area contributed by atoms with Gasteiger partial charge in [0.1, 0.15) is 5.82 Å². The predicted octanol–water partition coefficient (Wildman–Crippen LogP) is 1.85. The fourth-order valence-electron chi connectivity index (χ4n) is 3.11. The van der Waals surface area contributed by atoms with Crippen LogP contribution in [-0.4, -0.2) is 24.0 Å². The molecule has 16 heavy (non-hydrogen) atoms. The van der Waals surface area contributed by atoms with Crippen LogP contribution in [0.25, 0.3) is 0 Å². The minimum absolute atomic E-state index is 0.140. The topological polar surface area (TPSA) is 29.3 Å². The van der Waals surface area contributed by atoms with Crippen LogP contribution in [0, 0.1) is 5.82 Å². The van der Waals surface area contributed by atoms with Crippen LogP contribution in [0.4, 0.5) is 4.39 Å². The van der Waals surface area contributed by atoms with Crippen molar-refractivity contribution in [3.05, 3.63) is 35.1 Å². The average molecular weight is 220 g/mol. The van der Waals surface area contributed by atoms with E-state index in [0.717, 1.165) is 31.5 Å². The third-order valence-electron chi connectivity index (χ3n) is 3.88. The molecule has 86 valence electrons. The molecular formula is C13H17FN2. The molecule has 2 aliphatic heterocycles. The summed E-state index contributed by atoms with van der Waals surface area (Å²) in [6, 6.07) is 5.56. The van der Waals surface area contributed by atoms with Crippen LogP contribution in [0.15, 0.2) is 18.2 Å². The maximum atomic E-state index is 13.3. The van der Waals surface area contributed by atoms with Crippen molar-refractivity contribution in [3.8, 4) is 0 Å². The van der Waals surface area contributed by atoms with Crippen molar-refractivity contribution in [2.24, 2.45) is 5.73 Å². The summed E-state index contributed by atoms with van der Waals surface area (Å²) in [6.07, 6.45) is 3.25. The summed E-state index contributed by atoms with van der Waals surface area (Å²) in [6.45, 7) is 2.17. The Kier molecular flexibility index (Phi) is 2.45. The number of fused-ring (bicyclic) bond motifs is 3. The van der Waals surface area contributed by atoms with E-state index in [1.54, 1.807) is 12.1 Å². The highest BCUT2D eigenvalue weighted by atomic mass is 19.1. The molecule has 0 amide bonds. The molecule has 2 nitrogen and oxygen atoms in total. The lowest BCUT2D eigenvalue weighted by atomic mass is 9.84. The zero-order valence-electron chi connectivity index (χ0n) is 9.32. The number of hydrogen-bond acceptors (Lipinski definition) is 2. The van der Waals surface area contributed by atoms with Gasteiger partial charge >= 0.3 is 0 Å². The lowest BCUT2D eigenvalue weighted by molar-refractivity contribution is 0.118. The Morgan fingerprint density at radius 3 is 3.06 bits per heavy atom. The van der Waals surface area contributed by atoms with Crippen LogP contribution >= 0.6 is 0 Å². The van der Waals surface area contributed by atoms with E-state index in [2.05, 4.69) is 4.90 Å². The number of benzene rings is 1. The van der Waals surface area contributed by atoms with Gasteiger partial charge in [-0.3, -0.25) is 4.90 Å². The Bertz CT molecular complexity index is 405. The van der Waals surface area contributed by atoms with E-state index in [4.69, 9.17) is 5.73 Å². The zero-order valence-corrected chi connectivity index (χ0v) is 9.32. The first-order valence-corrected chi connectivity index (χ1v) is 6.03.